The molecule has 88 valence electrons. The van der Waals surface area contributed by atoms with Gasteiger partial charge in [0, 0.05) is 19.4 Å². The Kier molecular flexibility index (Phi) is 5.01. The number of carbonyl (C=O) groups is 1. The highest BCUT2D eigenvalue weighted by molar-refractivity contribution is 5.73. The van der Waals surface area contributed by atoms with Gasteiger partial charge in [0.1, 0.15) is 5.82 Å². The minimum absolute atomic E-state index is 0.392. The second-order valence-electron chi connectivity index (χ2n) is 2.59. The Hall–Kier alpha value is -2.04. The molecule has 0 saturated carbocycles. The summed E-state index contributed by atoms with van der Waals surface area (Å²) in [5.41, 5.74) is 0. The number of aromatic nitrogens is 2. The lowest BCUT2D eigenvalue weighted by molar-refractivity contribution is -0.192. The molecule has 0 unspecified atom stereocenters. The normalized spacial score (nSPS) is 9.94. The van der Waals surface area contributed by atoms with Crippen molar-refractivity contribution in [2.75, 3.05) is 0 Å². The average molecular weight is 235 g/mol. The quantitative estimate of drug-likeness (QED) is 0.791. The Labute approximate surface area is 88.7 Å². The Morgan fingerprint density at radius 1 is 1.69 bits per heavy atom. The van der Waals surface area contributed by atoms with E-state index in [2.05, 4.69) is 4.98 Å². The van der Waals surface area contributed by atoms with Gasteiger partial charge < -0.3 is 9.67 Å². The summed E-state index contributed by atoms with van der Waals surface area (Å²) in [5.74, 6) is -1.94. The molecule has 1 aromatic heterocycles. The van der Waals surface area contributed by atoms with Gasteiger partial charge in [0.25, 0.3) is 0 Å². The number of aliphatic carboxylic acids is 1. The van der Waals surface area contributed by atoms with Crippen molar-refractivity contribution in [2.24, 2.45) is 7.05 Å². The number of aryl methyl sites for hydroxylation is 1. The molecule has 0 aliphatic carbocycles. The van der Waals surface area contributed by atoms with E-state index >= 15 is 0 Å². The molecule has 0 spiro atoms. The molecule has 0 aliphatic heterocycles. The van der Waals surface area contributed by atoms with E-state index in [0.29, 0.717) is 6.42 Å². The van der Waals surface area contributed by atoms with E-state index in [1.54, 1.807) is 6.20 Å². The first-order valence-corrected chi connectivity index (χ1v) is 3.92. The van der Waals surface area contributed by atoms with Crippen molar-refractivity contribution >= 4 is 5.97 Å². The van der Waals surface area contributed by atoms with Gasteiger partial charge in [-0.15, -0.1) is 0 Å². The molecule has 5 nitrogen and oxygen atoms in total. The second-order valence-corrected chi connectivity index (χ2v) is 2.59. The van der Waals surface area contributed by atoms with E-state index in [0.717, 1.165) is 5.82 Å². The molecule has 0 bridgehead atoms. The van der Waals surface area contributed by atoms with Crippen LogP contribution in [0.5, 0.6) is 0 Å². The fourth-order valence-electron chi connectivity index (χ4n) is 0.638. The van der Waals surface area contributed by atoms with Gasteiger partial charge in [-0.1, -0.05) is 0 Å². The molecule has 0 radical (unpaired) electrons. The molecular weight excluding hydrogens is 227 g/mol. The summed E-state index contributed by atoms with van der Waals surface area (Å²) in [6.45, 7) is 0. The van der Waals surface area contributed by atoms with Gasteiger partial charge in [-0.05, 0) is 0 Å². The largest absolute Gasteiger partial charge is 0.490 e. The van der Waals surface area contributed by atoms with Gasteiger partial charge in [-0.25, -0.2) is 9.78 Å². The minimum atomic E-state index is -5.08. The number of carboxylic acids is 1. The summed E-state index contributed by atoms with van der Waals surface area (Å²) in [6, 6.07) is 2.03. The minimum Gasteiger partial charge on any atom is -0.475 e. The molecule has 0 saturated heterocycles. The van der Waals surface area contributed by atoms with Gasteiger partial charge in [0.15, 0.2) is 0 Å². The van der Waals surface area contributed by atoms with Crippen LogP contribution in [0, 0.1) is 11.3 Å². The number of rotatable bonds is 1. The lowest BCUT2D eigenvalue weighted by atomic mass is 10.4. The van der Waals surface area contributed by atoms with Crippen molar-refractivity contribution in [3.05, 3.63) is 18.2 Å². The van der Waals surface area contributed by atoms with Crippen LogP contribution in [0.2, 0.25) is 0 Å². The monoisotopic (exact) mass is 235 g/mol. The molecule has 1 rings (SSSR count). The van der Waals surface area contributed by atoms with Crippen LogP contribution >= 0.6 is 0 Å². The fraction of sp³-hybridized carbons (Fsp3) is 0.375. The standard InChI is InChI=1S/C6H7N3.C2HF3O2/c1-9-5-4-8-6(9)2-3-7;3-2(4,5)1(6)7/h4-5H,2H2,1H3;(H,6,7). The molecule has 1 N–H and O–H groups in total. The lowest BCUT2D eigenvalue weighted by Crippen LogP contribution is -2.21. The predicted molar refractivity (Wildman–Crippen MR) is 46.2 cm³/mol. The first-order chi connectivity index (χ1) is 7.29. The summed E-state index contributed by atoms with van der Waals surface area (Å²) >= 11 is 0. The highest BCUT2D eigenvalue weighted by Gasteiger charge is 2.38. The van der Waals surface area contributed by atoms with Crippen molar-refractivity contribution in [1.29, 1.82) is 5.26 Å². The molecular formula is C8H8F3N3O2. The molecule has 1 heterocycles. The van der Waals surface area contributed by atoms with E-state index in [9.17, 15) is 13.2 Å². The summed E-state index contributed by atoms with van der Waals surface area (Å²) in [5, 5.41) is 15.4. The van der Waals surface area contributed by atoms with Gasteiger partial charge in [-0.3, -0.25) is 0 Å². The van der Waals surface area contributed by atoms with Crippen LogP contribution in [0.4, 0.5) is 13.2 Å². The Morgan fingerprint density at radius 3 is 2.44 bits per heavy atom. The molecule has 0 aliphatic rings. The number of hydrogen-bond acceptors (Lipinski definition) is 3. The average Bonchev–Trinajstić information content (AvgIpc) is 2.52. The highest BCUT2D eigenvalue weighted by atomic mass is 19.4. The van der Waals surface area contributed by atoms with Gasteiger partial charge in [-0.2, -0.15) is 18.4 Å². The SMILES string of the molecule is Cn1ccnc1CC#N.O=C(O)C(F)(F)F. The van der Waals surface area contributed by atoms with Gasteiger partial charge in [0.2, 0.25) is 0 Å². The predicted octanol–water partition coefficient (Wildman–Crippen LogP) is 1.12. The maximum absolute atomic E-state index is 10.6. The van der Waals surface area contributed by atoms with Crippen LogP contribution in [-0.4, -0.2) is 26.8 Å². The second kappa shape index (κ2) is 5.75. The zero-order valence-corrected chi connectivity index (χ0v) is 8.19. The third-order valence-electron chi connectivity index (χ3n) is 1.40. The van der Waals surface area contributed by atoms with Crippen LogP contribution in [0.1, 0.15) is 5.82 Å². The highest BCUT2D eigenvalue weighted by Crippen LogP contribution is 2.13. The van der Waals surface area contributed by atoms with Crippen molar-refractivity contribution in [2.45, 2.75) is 12.6 Å². The number of nitrogens with zero attached hydrogens (tertiary/aromatic N) is 3. The fourth-order valence-corrected chi connectivity index (χ4v) is 0.638. The number of alkyl halides is 3. The molecule has 16 heavy (non-hydrogen) atoms. The van der Waals surface area contributed by atoms with Gasteiger partial charge in [0.05, 0.1) is 12.5 Å². The summed E-state index contributed by atoms with van der Waals surface area (Å²) in [4.78, 5) is 12.8. The van der Waals surface area contributed by atoms with E-state index < -0.39 is 12.1 Å². The zero-order chi connectivity index (χ0) is 12.8. The van der Waals surface area contributed by atoms with Crippen molar-refractivity contribution in [3.8, 4) is 6.07 Å². The lowest BCUT2D eigenvalue weighted by Gasteiger charge is -1.93. The number of imidazole rings is 1. The smallest absolute Gasteiger partial charge is 0.475 e. The van der Waals surface area contributed by atoms with Crippen molar-refractivity contribution < 1.29 is 23.1 Å². The van der Waals surface area contributed by atoms with Crippen LogP contribution in [-0.2, 0) is 18.3 Å². The van der Waals surface area contributed by atoms with E-state index in [-0.39, 0.29) is 0 Å². The van der Waals surface area contributed by atoms with Crippen LogP contribution in [0.25, 0.3) is 0 Å². The molecule has 1 aromatic rings. The van der Waals surface area contributed by atoms with Crippen molar-refractivity contribution in [3.63, 3.8) is 0 Å². The van der Waals surface area contributed by atoms with E-state index in [1.807, 2.05) is 23.9 Å². The van der Waals surface area contributed by atoms with E-state index in [4.69, 9.17) is 15.2 Å². The molecule has 8 heteroatoms. The Bertz CT molecular complexity index is 392. The molecule has 0 atom stereocenters. The van der Waals surface area contributed by atoms with E-state index in [1.165, 1.54) is 0 Å². The summed E-state index contributed by atoms with van der Waals surface area (Å²) < 4.78 is 33.6. The number of nitriles is 1. The summed E-state index contributed by atoms with van der Waals surface area (Å²) in [7, 11) is 1.87. The molecule has 0 aromatic carbocycles. The van der Waals surface area contributed by atoms with Crippen LogP contribution < -0.4 is 0 Å². The summed E-state index contributed by atoms with van der Waals surface area (Å²) in [6.07, 6.45) is -1.18. The maximum Gasteiger partial charge on any atom is 0.490 e. The van der Waals surface area contributed by atoms with Crippen LogP contribution in [0.15, 0.2) is 12.4 Å². The van der Waals surface area contributed by atoms with Crippen molar-refractivity contribution in [1.82, 2.24) is 9.55 Å². The molecule has 0 amide bonds. The first kappa shape index (κ1) is 14.0. The Morgan fingerprint density at radius 2 is 2.19 bits per heavy atom. The third kappa shape index (κ3) is 4.99. The Balaban J connectivity index is 0.000000293. The number of hydrogen-bond donors (Lipinski definition) is 1. The maximum atomic E-state index is 10.6. The number of halogens is 3. The zero-order valence-electron chi connectivity index (χ0n) is 8.19. The topological polar surface area (TPSA) is 78.9 Å². The van der Waals surface area contributed by atoms with Crippen LogP contribution in [0.3, 0.4) is 0 Å². The molecule has 0 fully saturated rings. The number of carboxylic acid groups (broad SMARTS) is 1. The third-order valence-corrected chi connectivity index (χ3v) is 1.40. The van der Waals surface area contributed by atoms with Gasteiger partial charge >= 0.3 is 12.1 Å². The first-order valence-electron chi connectivity index (χ1n) is 3.92.